The monoisotopic (exact) mass is 461 g/mol. The molecule has 3 fully saturated rings. The third-order valence-corrected chi connectivity index (χ3v) is 8.48. The van der Waals surface area contributed by atoms with Crippen LogP contribution in [0.2, 0.25) is 0 Å². The van der Waals surface area contributed by atoms with E-state index in [0.717, 1.165) is 56.2 Å². The Balaban J connectivity index is 1.21. The van der Waals surface area contributed by atoms with Crippen molar-refractivity contribution in [2.45, 2.75) is 63.5 Å². The fourth-order valence-corrected chi connectivity index (χ4v) is 6.79. The van der Waals surface area contributed by atoms with Crippen molar-refractivity contribution < 1.29 is 13.9 Å². The van der Waals surface area contributed by atoms with E-state index in [0.29, 0.717) is 43.5 Å². The first-order chi connectivity index (χ1) is 16.6. The van der Waals surface area contributed by atoms with Crippen molar-refractivity contribution in [1.82, 2.24) is 14.9 Å². The number of H-pyrrole nitrogens is 1. The topological polar surface area (TPSA) is 58.2 Å². The van der Waals surface area contributed by atoms with Gasteiger partial charge in [0.15, 0.2) is 0 Å². The molecule has 34 heavy (non-hydrogen) atoms. The van der Waals surface area contributed by atoms with Gasteiger partial charge in [-0.25, -0.2) is 9.37 Å². The first kappa shape index (κ1) is 21.8. The van der Waals surface area contributed by atoms with Crippen molar-refractivity contribution in [1.29, 1.82) is 0 Å². The van der Waals surface area contributed by atoms with Gasteiger partial charge in [0, 0.05) is 43.1 Å². The second kappa shape index (κ2) is 8.81. The molecule has 2 bridgehead atoms. The lowest BCUT2D eigenvalue weighted by molar-refractivity contribution is -0.153. The Morgan fingerprint density at radius 3 is 2.56 bits per heavy atom. The van der Waals surface area contributed by atoms with Crippen LogP contribution in [0.1, 0.15) is 49.7 Å². The maximum atomic E-state index is 14.2. The van der Waals surface area contributed by atoms with Crippen LogP contribution in [0, 0.1) is 17.2 Å². The zero-order chi connectivity index (χ0) is 23.1. The molecule has 3 aromatic rings. The fourth-order valence-electron chi connectivity index (χ4n) is 6.79. The molecule has 0 saturated carbocycles. The molecule has 5 heterocycles. The van der Waals surface area contributed by atoms with Gasteiger partial charge < -0.3 is 14.6 Å². The SMILES string of the molecule is O=C(N1[C@H]2CC[C@H]1CC(Cc1ccnc3[nH]ccc13)C2)C1(Cc2ccc(F)cc2)CCOCC1. The van der Waals surface area contributed by atoms with Crippen LogP contribution in [0.15, 0.2) is 48.8 Å². The van der Waals surface area contributed by atoms with Gasteiger partial charge in [-0.3, -0.25) is 4.79 Å². The average Bonchev–Trinajstić information content (AvgIpc) is 3.44. The van der Waals surface area contributed by atoms with Gasteiger partial charge in [0.25, 0.3) is 0 Å². The Morgan fingerprint density at radius 1 is 1.09 bits per heavy atom. The fraction of sp³-hybridized carbons (Fsp3) is 0.500. The second-order valence-corrected chi connectivity index (χ2v) is 10.5. The molecule has 3 aliphatic heterocycles. The summed E-state index contributed by atoms with van der Waals surface area (Å²) in [6.45, 7) is 1.24. The quantitative estimate of drug-likeness (QED) is 0.578. The van der Waals surface area contributed by atoms with Crippen LogP contribution < -0.4 is 0 Å². The van der Waals surface area contributed by atoms with Crippen LogP contribution in [0.3, 0.4) is 0 Å². The lowest BCUT2D eigenvalue weighted by Crippen LogP contribution is -2.55. The Kier molecular flexibility index (Phi) is 5.64. The van der Waals surface area contributed by atoms with Crippen molar-refractivity contribution in [2.24, 2.45) is 11.3 Å². The minimum absolute atomic E-state index is 0.234. The number of hydrogen-bond acceptors (Lipinski definition) is 3. The summed E-state index contributed by atoms with van der Waals surface area (Å²) < 4.78 is 19.1. The Morgan fingerprint density at radius 2 is 1.82 bits per heavy atom. The van der Waals surface area contributed by atoms with Gasteiger partial charge in [-0.15, -0.1) is 0 Å². The number of rotatable bonds is 5. The number of amides is 1. The van der Waals surface area contributed by atoms with E-state index in [1.165, 1.54) is 23.1 Å². The summed E-state index contributed by atoms with van der Waals surface area (Å²) in [5.41, 5.74) is 2.90. The highest BCUT2D eigenvalue weighted by atomic mass is 19.1. The number of piperidine rings is 1. The third-order valence-electron chi connectivity index (χ3n) is 8.48. The molecule has 2 aromatic heterocycles. The van der Waals surface area contributed by atoms with Crippen molar-refractivity contribution in [2.75, 3.05) is 13.2 Å². The summed E-state index contributed by atoms with van der Waals surface area (Å²) in [5.74, 6) is 0.662. The molecule has 0 aliphatic carbocycles. The predicted molar refractivity (Wildman–Crippen MR) is 129 cm³/mol. The molecule has 1 aromatic carbocycles. The first-order valence-electron chi connectivity index (χ1n) is 12.7. The number of carbonyl (C=O) groups is 1. The van der Waals surface area contributed by atoms with E-state index in [9.17, 15) is 9.18 Å². The highest BCUT2D eigenvalue weighted by molar-refractivity contribution is 5.84. The molecule has 178 valence electrons. The predicted octanol–water partition coefficient (Wildman–Crippen LogP) is 5.05. The molecule has 1 N–H and O–H groups in total. The maximum absolute atomic E-state index is 14.2. The number of ether oxygens (including phenoxy) is 1. The first-order valence-corrected chi connectivity index (χ1v) is 12.7. The zero-order valence-electron chi connectivity index (χ0n) is 19.5. The van der Waals surface area contributed by atoms with E-state index in [4.69, 9.17) is 4.74 Å². The van der Waals surface area contributed by atoms with E-state index >= 15 is 0 Å². The van der Waals surface area contributed by atoms with Crippen molar-refractivity contribution >= 4 is 16.9 Å². The number of fused-ring (bicyclic) bond motifs is 3. The Hall–Kier alpha value is -2.73. The van der Waals surface area contributed by atoms with Crippen LogP contribution in [-0.4, -0.2) is 46.1 Å². The molecule has 6 rings (SSSR count). The number of carbonyl (C=O) groups excluding carboxylic acids is 1. The van der Waals surface area contributed by atoms with E-state index in [1.54, 1.807) is 0 Å². The Bertz CT molecular complexity index is 1150. The molecule has 0 spiro atoms. The van der Waals surface area contributed by atoms with Gasteiger partial charge in [-0.05, 0) is 92.7 Å². The largest absolute Gasteiger partial charge is 0.381 e. The number of halogens is 1. The summed E-state index contributed by atoms with van der Waals surface area (Å²) in [6.07, 6.45) is 11.4. The molecular weight excluding hydrogens is 429 g/mol. The van der Waals surface area contributed by atoms with Crippen LogP contribution >= 0.6 is 0 Å². The van der Waals surface area contributed by atoms with Crippen LogP contribution in [0.25, 0.3) is 11.0 Å². The number of nitrogens with one attached hydrogen (secondary N) is 1. The van der Waals surface area contributed by atoms with Gasteiger partial charge in [-0.1, -0.05) is 12.1 Å². The molecule has 2 atom stereocenters. The van der Waals surface area contributed by atoms with Gasteiger partial charge >= 0.3 is 0 Å². The van der Waals surface area contributed by atoms with E-state index in [2.05, 4.69) is 27.0 Å². The smallest absolute Gasteiger partial charge is 0.229 e. The Labute approximate surface area is 199 Å². The van der Waals surface area contributed by atoms with Crippen LogP contribution in [-0.2, 0) is 22.4 Å². The highest BCUT2D eigenvalue weighted by Crippen LogP contribution is 2.45. The van der Waals surface area contributed by atoms with Crippen LogP contribution in [0.4, 0.5) is 4.39 Å². The summed E-state index contributed by atoms with van der Waals surface area (Å²) in [4.78, 5) is 24.1. The summed E-state index contributed by atoms with van der Waals surface area (Å²) in [7, 11) is 0. The standard InChI is InChI=1S/C28H32FN3O2/c29-22-3-1-19(2-4-22)18-28(9-13-34-14-10-28)27(33)32-23-5-6-24(32)17-20(16-23)15-21-7-11-30-26-25(21)8-12-31-26/h1-4,7-8,11-12,20,23-24H,5-6,9-10,13-18H2,(H,30,31)/t23-,24-/m0/s1. The number of benzene rings is 1. The molecular formula is C28H32FN3O2. The number of aromatic amines is 1. The summed E-state index contributed by atoms with van der Waals surface area (Å²) >= 11 is 0. The minimum atomic E-state index is -0.438. The molecule has 5 nitrogen and oxygen atoms in total. The van der Waals surface area contributed by atoms with E-state index in [1.807, 2.05) is 24.5 Å². The van der Waals surface area contributed by atoms with Crippen molar-refractivity contribution in [3.8, 4) is 0 Å². The highest BCUT2D eigenvalue weighted by Gasteiger charge is 2.50. The van der Waals surface area contributed by atoms with E-state index in [-0.39, 0.29) is 5.82 Å². The van der Waals surface area contributed by atoms with Crippen molar-refractivity contribution in [3.63, 3.8) is 0 Å². The lowest BCUT2D eigenvalue weighted by atomic mass is 9.73. The number of hydrogen-bond donors (Lipinski definition) is 1. The average molecular weight is 462 g/mol. The maximum Gasteiger partial charge on any atom is 0.229 e. The molecule has 0 unspecified atom stereocenters. The zero-order valence-corrected chi connectivity index (χ0v) is 19.5. The molecule has 1 amide bonds. The minimum Gasteiger partial charge on any atom is -0.381 e. The van der Waals surface area contributed by atoms with Gasteiger partial charge in [0.1, 0.15) is 11.5 Å². The summed E-state index contributed by atoms with van der Waals surface area (Å²) in [6, 6.07) is 11.6. The lowest BCUT2D eigenvalue weighted by Gasteiger charge is -2.46. The van der Waals surface area contributed by atoms with Gasteiger partial charge in [0.2, 0.25) is 5.91 Å². The van der Waals surface area contributed by atoms with Crippen LogP contribution in [0.5, 0.6) is 0 Å². The molecule has 6 heteroatoms. The molecule has 0 radical (unpaired) electrons. The van der Waals surface area contributed by atoms with E-state index < -0.39 is 5.41 Å². The summed E-state index contributed by atoms with van der Waals surface area (Å²) in [5, 5.41) is 1.22. The van der Waals surface area contributed by atoms with Gasteiger partial charge in [0.05, 0.1) is 5.41 Å². The molecule has 3 saturated heterocycles. The number of nitrogens with zero attached hydrogens (tertiary/aromatic N) is 2. The number of aromatic nitrogens is 2. The number of pyridine rings is 1. The van der Waals surface area contributed by atoms with Gasteiger partial charge in [-0.2, -0.15) is 0 Å². The molecule has 3 aliphatic rings. The normalized spacial score (nSPS) is 26.1. The second-order valence-electron chi connectivity index (χ2n) is 10.5. The van der Waals surface area contributed by atoms with Crippen molar-refractivity contribution in [3.05, 3.63) is 65.7 Å². The third kappa shape index (κ3) is 3.92.